The van der Waals surface area contributed by atoms with Crippen LogP contribution in [-0.4, -0.2) is 30.4 Å². The summed E-state index contributed by atoms with van der Waals surface area (Å²) in [7, 11) is 0. The Morgan fingerprint density at radius 3 is 2.83 bits per heavy atom. The molecule has 0 aliphatic heterocycles. The first-order valence-corrected chi connectivity index (χ1v) is 6.77. The van der Waals surface area contributed by atoms with Crippen molar-refractivity contribution in [2.45, 2.75) is 38.6 Å². The summed E-state index contributed by atoms with van der Waals surface area (Å²) in [6.07, 6.45) is 3.61. The van der Waals surface area contributed by atoms with Gasteiger partial charge in [0.25, 0.3) is 0 Å². The van der Waals surface area contributed by atoms with Gasteiger partial charge >= 0.3 is 0 Å². The SMILES string of the molecule is CCNC(C)(CO)COc1ccc2c(c1)CCC2. The molecule has 0 spiro atoms. The van der Waals surface area contributed by atoms with Crippen LogP contribution in [0.2, 0.25) is 0 Å². The molecule has 0 aromatic heterocycles. The minimum absolute atomic E-state index is 0.0752. The standard InChI is InChI=1S/C15H23NO2/c1-3-16-15(2,10-17)11-18-14-8-7-12-5-4-6-13(12)9-14/h7-9,16-17H,3-6,10-11H2,1-2H3. The second-order valence-electron chi connectivity index (χ2n) is 5.32. The molecule has 100 valence electrons. The second kappa shape index (κ2) is 5.72. The third kappa shape index (κ3) is 3.03. The Morgan fingerprint density at radius 1 is 1.33 bits per heavy atom. The minimum Gasteiger partial charge on any atom is -0.492 e. The first-order valence-electron chi connectivity index (χ1n) is 6.77. The zero-order valence-corrected chi connectivity index (χ0v) is 11.3. The van der Waals surface area contributed by atoms with Gasteiger partial charge in [0, 0.05) is 0 Å². The van der Waals surface area contributed by atoms with Crippen LogP contribution in [0.5, 0.6) is 5.75 Å². The molecule has 0 radical (unpaired) electrons. The van der Waals surface area contributed by atoms with E-state index >= 15 is 0 Å². The highest BCUT2D eigenvalue weighted by molar-refractivity contribution is 5.38. The molecule has 1 unspecified atom stereocenters. The Kier molecular flexibility index (Phi) is 4.25. The number of rotatable bonds is 6. The molecule has 1 aliphatic carbocycles. The number of fused-ring (bicyclic) bond motifs is 1. The molecule has 1 aromatic rings. The van der Waals surface area contributed by atoms with Crippen LogP contribution in [0.3, 0.4) is 0 Å². The van der Waals surface area contributed by atoms with Gasteiger partial charge in [0.15, 0.2) is 0 Å². The average Bonchev–Trinajstić information content (AvgIpc) is 2.84. The monoisotopic (exact) mass is 249 g/mol. The van der Waals surface area contributed by atoms with E-state index in [4.69, 9.17) is 4.74 Å². The number of nitrogens with one attached hydrogen (secondary N) is 1. The molecule has 2 N–H and O–H groups in total. The van der Waals surface area contributed by atoms with E-state index in [0.717, 1.165) is 18.7 Å². The van der Waals surface area contributed by atoms with Crippen LogP contribution in [0.25, 0.3) is 0 Å². The van der Waals surface area contributed by atoms with Crippen LogP contribution >= 0.6 is 0 Å². The van der Waals surface area contributed by atoms with Crippen molar-refractivity contribution >= 4 is 0 Å². The molecule has 0 fully saturated rings. The normalized spacial score (nSPS) is 17.3. The molecular formula is C15H23NO2. The van der Waals surface area contributed by atoms with Crippen LogP contribution in [0.15, 0.2) is 18.2 Å². The predicted octanol–water partition coefficient (Wildman–Crippen LogP) is 1.91. The third-order valence-corrected chi connectivity index (χ3v) is 3.58. The van der Waals surface area contributed by atoms with E-state index in [0.29, 0.717) is 6.61 Å². The number of aliphatic hydroxyl groups excluding tert-OH is 1. The summed E-state index contributed by atoms with van der Waals surface area (Å²) in [6, 6.07) is 6.35. The maximum absolute atomic E-state index is 9.41. The van der Waals surface area contributed by atoms with Gasteiger partial charge in [-0.15, -0.1) is 0 Å². The van der Waals surface area contributed by atoms with Crippen molar-refractivity contribution in [1.29, 1.82) is 0 Å². The van der Waals surface area contributed by atoms with Gasteiger partial charge in [0.1, 0.15) is 12.4 Å². The Bertz CT molecular complexity index is 405. The molecule has 1 aliphatic rings. The maximum Gasteiger partial charge on any atom is 0.119 e. The van der Waals surface area contributed by atoms with Crippen molar-refractivity contribution in [3.05, 3.63) is 29.3 Å². The minimum atomic E-state index is -0.367. The fraction of sp³-hybridized carbons (Fsp3) is 0.600. The van der Waals surface area contributed by atoms with Gasteiger partial charge in [0.2, 0.25) is 0 Å². The highest BCUT2D eigenvalue weighted by Gasteiger charge is 2.23. The summed E-state index contributed by atoms with van der Waals surface area (Å²) >= 11 is 0. The van der Waals surface area contributed by atoms with Crippen molar-refractivity contribution in [1.82, 2.24) is 5.32 Å². The van der Waals surface area contributed by atoms with Gasteiger partial charge in [-0.3, -0.25) is 0 Å². The van der Waals surface area contributed by atoms with Crippen LogP contribution < -0.4 is 10.1 Å². The van der Waals surface area contributed by atoms with Crippen LogP contribution in [-0.2, 0) is 12.8 Å². The summed E-state index contributed by atoms with van der Waals surface area (Å²) in [4.78, 5) is 0. The zero-order valence-electron chi connectivity index (χ0n) is 11.3. The second-order valence-corrected chi connectivity index (χ2v) is 5.32. The predicted molar refractivity (Wildman–Crippen MR) is 73.1 cm³/mol. The van der Waals surface area contributed by atoms with Gasteiger partial charge < -0.3 is 15.2 Å². The maximum atomic E-state index is 9.41. The van der Waals surface area contributed by atoms with Gasteiger partial charge in [-0.1, -0.05) is 13.0 Å². The molecule has 0 saturated carbocycles. The first-order chi connectivity index (χ1) is 8.67. The third-order valence-electron chi connectivity index (χ3n) is 3.58. The van der Waals surface area contributed by atoms with Crippen molar-refractivity contribution in [2.75, 3.05) is 19.8 Å². The van der Waals surface area contributed by atoms with Gasteiger partial charge in [-0.2, -0.15) is 0 Å². The van der Waals surface area contributed by atoms with Crippen molar-refractivity contribution in [3.63, 3.8) is 0 Å². The quantitative estimate of drug-likeness (QED) is 0.809. The van der Waals surface area contributed by atoms with Gasteiger partial charge in [0.05, 0.1) is 12.1 Å². The van der Waals surface area contributed by atoms with Gasteiger partial charge in [-0.25, -0.2) is 0 Å². The molecule has 3 heteroatoms. The number of benzene rings is 1. The van der Waals surface area contributed by atoms with Crippen LogP contribution in [0, 0.1) is 0 Å². The molecule has 18 heavy (non-hydrogen) atoms. The number of hydrogen-bond donors (Lipinski definition) is 2. The largest absolute Gasteiger partial charge is 0.492 e. The molecule has 0 bridgehead atoms. The molecule has 0 heterocycles. The summed E-state index contributed by atoms with van der Waals surface area (Å²) < 4.78 is 5.82. The zero-order chi connectivity index (χ0) is 13.0. The molecule has 3 nitrogen and oxygen atoms in total. The topological polar surface area (TPSA) is 41.5 Å². The fourth-order valence-electron chi connectivity index (χ4n) is 2.46. The Labute approximate surface area is 109 Å². The Morgan fingerprint density at radius 2 is 2.11 bits per heavy atom. The highest BCUT2D eigenvalue weighted by Crippen LogP contribution is 2.26. The van der Waals surface area contributed by atoms with E-state index in [1.54, 1.807) is 0 Å². The van der Waals surface area contributed by atoms with E-state index in [1.165, 1.54) is 24.0 Å². The molecule has 0 saturated heterocycles. The average molecular weight is 249 g/mol. The lowest BCUT2D eigenvalue weighted by molar-refractivity contribution is 0.117. The van der Waals surface area contributed by atoms with Crippen molar-refractivity contribution in [2.24, 2.45) is 0 Å². The summed E-state index contributed by atoms with van der Waals surface area (Å²) in [5.74, 6) is 0.910. The van der Waals surface area contributed by atoms with Crippen molar-refractivity contribution < 1.29 is 9.84 Å². The highest BCUT2D eigenvalue weighted by atomic mass is 16.5. The number of hydrogen-bond acceptors (Lipinski definition) is 3. The summed E-state index contributed by atoms with van der Waals surface area (Å²) in [5.41, 5.74) is 2.51. The summed E-state index contributed by atoms with van der Waals surface area (Å²) in [6.45, 7) is 5.39. The van der Waals surface area contributed by atoms with Crippen molar-refractivity contribution in [3.8, 4) is 5.75 Å². The number of aryl methyl sites for hydroxylation is 2. The van der Waals surface area contributed by atoms with E-state index in [1.807, 2.05) is 19.9 Å². The van der Waals surface area contributed by atoms with E-state index in [-0.39, 0.29) is 12.1 Å². The number of likely N-dealkylation sites (N-methyl/N-ethyl adjacent to an activating group) is 1. The van der Waals surface area contributed by atoms with E-state index < -0.39 is 0 Å². The molecule has 1 atom stereocenters. The molecule has 2 rings (SSSR count). The molecule has 1 aromatic carbocycles. The number of ether oxygens (including phenoxy) is 1. The van der Waals surface area contributed by atoms with Crippen LogP contribution in [0.1, 0.15) is 31.4 Å². The first kappa shape index (κ1) is 13.4. The lowest BCUT2D eigenvalue weighted by atomic mass is 10.1. The summed E-state index contributed by atoms with van der Waals surface area (Å²) in [5, 5.41) is 12.7. The fourth-order valence-corrected chi connectivity index (χ4v) is 2.46. The van der Waals surface area contributed by atoms with Gasteiger partial charge in [-0.05, 0) is 56.0 Å². The van der Waals surface area contributed by atoms with Crippen LogP contribution in [0.4, 0.5) is 0 Å². The molecule has 0 amide bonds. The smallest absolute Gasteiger partial charge is 0.119 e. The Balaban J connectivity index is 1.97. The molecular weight excluding hydrogens is 226 g/mol. The lowest BCUT2D eigenvalue weighted by Crippen LogP contribution is -2.50. The van der Waals surface area contributed by atoms with E-state index in [2.05, 4.69) is 17.4 Å². The van der Waals surface area contributed by atoms with E-state index in [9.17, 15) is 5.11 Å². The number of aliphatic hydroxyl groups is 1. The Hall–Kier alpha value is -1.06. The lowest BCUT2D eigenvalue weighted by Gasteiger charge is -2.28.